The van der Waals surface area contributed by atoms with Crippen LogP contribution in [0.25, 0.3) is 11.0 Å². The van der Waals surface area contributed by atoms with E-state index < -0.39 is 0 Å². The van der Waals surface area contributed by atoms with Crippen LogP contribution in [0.4, 0.5) is 0 Å². The number of benzene rings is 2. The van der Waals surface area contributed by atoms with E-state index >= 15 is 0 Å². The van der Waals surface area contributed by atoms with E-state index in [1.54, 1.807) is 19.5 Å². The fourth-order valence-corrected chi connectivity index (χ4v) is 2.62. The number of nitrogens with one attached hydrogen (secondary N) is 2. The van der Waals surface area contributed by atoms with Crippen LogP contribution in [-0.2, 0) is 6.54 Å². The Morgan fingerprint density at radius 3 is 2.83 bits per heavy atom. The lowest BCUT2D eigenvalue weighted by Gasteiger charge is -2.13. The molecule has 0 spiro atoms. The fourth-order valence-electron chi connectivity index (χ4n) is 2.62. The van der Waals surface area contributed by atoms with Crippen LogP contribution in [0, 0.1) is 13.8 Å². The first kappa shape index (κ1) is 15.1. The predicted octanol–water partition coefficient (Wildman–Crippen LogP) is 3.12. The highest BCUT2D eigenvalue weighted by Gasteiger charge is 2.10. The molecule has 23 heavy (non-hydrogen) atoms. The Bertz CT molecular complexity index is 868. The van der Waals surface area contributed by atoms with E-state index in [2.05, 4.69) is 15.3 Å². The van der Waals surface area contributed by atoms with Gasteiger partial charge in [-0.3, -0.25) is 4.79 Å². The molecule has 3 aromatic rings. The summed E-state index contributed by atoms with van der Waals surface area (Å²) in [7, 11) is 1.66. The third kappa shape index (κ3) is 2.90. The molecule has 1 aromatic heterocycles. The first-order valence-electron chi connectivity index (χ1n) is 7.44. The summed E-state index contributed by atoms with van der Waals surface area (Å²) in [6.07, 6.45) is 1.62. The molecule has 118 valence electrons. The molecule has 0 fully saturated rings. The minimum Gasteiger partial charge on any atom is -0.496 e. The van der Waals surface area contributed by atoms with Crippen molar-refractivity contribution < 1.29 is 9.53 Å². The molecule has 0 saturated heterocycles. The highest BCUT2D eigenvalue weighted by atomic mass is 16.5. The van der Waals surface area contributed by atoms with Gasteiger partial charge in [-0.25, -0.2) is 4.98 Å². The third-order valence-corrected chi connectivity index (χ3v) is 4.19. The molecule has 2 N–H and O–H groups in total. The maximum Gasteiger partial charge on any atom is 0.251 e. The Balaban J connectivity index is 1.75. The number of aromatic nitrogens is 2. The largest absolute Gasteiger partial charge is 0.496 e. The summed E-state index contributed by atoms with van der Waals surface area (Å²) in [6, 6.07) is 9.35. The predicted molar refractivity (Wildman–Crippen MR) is 89.7 cm³/mol. The molecule has 0 bridgehead atoms. The SMILES string of the molecule is COc1ccc(CNC(=O)c2ccc3nc[nH]c3c2)c(C)c1C. The van der Waals surface area contributed by atoms with E-state index in [0.717, 1.165) is 33.5 Å². The number of carbonyl (C=O) groups is 1. The van der Waals surface area contributed by atoms with Gasteiger partial charge in [0.25, 0.3) is 5.91 Å². The average Bonchev–Trinajstić information content (AvgIpc) is 3.03. The number of carbonyl (C=O) groups excluding carboxylic acids is 1. The third-order valence-electron chi connectivity index (χ3n) is 4.19. The van der Waals surface area contributed by atoms with Crippen molar-refractivity contribution >= 4 is 16.9 Å². The van der Waals surface area contributed by atoms with Crippen LogP contribution in [-0.4, -0.2) is 23.0 Å². The molecule has 0 radical (unpaired) electrons. The highest BCUT2D eigenvalue weighted by Crippen LogP contribution is 2.23. The number of nitrogens with zero attached hydrogens (tertiary/aromatic N) is 1. The van der Waals surface area contributed by atoms with E-state index in [-0.39, 0.29) is 5.91 Å². The zero-order chi connectivity index (χ0) is 16.4. The number of imidazole rings is 1. The van der Waals surface area contributed by atoms with E-state index in [1.165, 1.54) is 0 Å². The number of rotatable bonds is 4. The van der Waals surface area contributed by atoms with Gasteiger partial charge in [0, 0.05) is 12.1 Å². The summed E-state index contributed by atoms with van der Waals surface area (Å²) < 4.78 is 5.31. The van der Waals surface area contributed by atoms with Gasteiger partial charge in [-0.05, 0) is 54.8 Å². The number of hydrogen-bond donors (Lipinski definition) is 2. The number of fused-ring (bicyclic) bond motifs is 1. The van der Waals surface area contributed by atoms with Crippen molar-refractivity contribution in [3.63, 3.8) is 0 Å². The minimum absolute atomic E-state index is 0.102. The maximum absolute atomic E-state index is 12.3. The lowest BCUT2D eigenvalue weighted by molar-refractivity contribution is 0.0951. The zero-order valence-electron chi connectivity index (χ0n) is 13.4. The summed E-state index contributed by atoms with van der Waals surface area (Å²) in [6.45, 7) is 4.54. The number of H-pyrrole nitrogens is 1. The zero-order valence-corrected chi connectivity index (χ0v) is 13.4. The maximum atomic E-state index is 12.3. The summed E-state index contributed by atoms with van der Waals surface area (Å²) in [4.78, 5) is 19.5. The second kappa shape index (κ2) is 6.12. The van der Waals surface area contributed by atoms with Gasteiger partial charge >= 0.3 is 0 Å². The van der Waals surface area contributed by atoms with Gasteiger partial charge in [0.1, 0.15) is 5.75 Å². The number of ether oxygens (including phenoxy) is 1. The topological polar surface area (TPSA) is 67.0 Å². The van der Waals surface area contributed by atoms with Crippen LogP contribution in [0.1, 0.15) is 27.0 Å². The van der Waals surface area contributed by atoms with Crippen LogP contribution in [0.2, 0.25) is 0 Å². The lowest BCUT2D eigenvalue weighted by Crippen LogP contribution is -2.23. The molecule has 0 aliphatic carbocycles. The second-order valence-corrected chi connectivity index (χ2v) is 5.49. The van der Waals surface area contributed by atoms with E-state index in [9.17, 15) is 4.79 Å². The van der Waals surface area contributed by atoms with Crippen molar-refractivity contribution in [2.75, 3.05) is 7.11 Å². The van der Waals surface area contributed by atoms with Crippen molar-refractivity contribution in [1.29, 1.82) is 0 Å². The lowest BCUT2D eigenvalue weighted by atomic mass is 10.0. The normalized spacial score (nSPS) is 10.7. The molecule has 0 aliphatic rings. The van der Waals surface area contributed by atoms with Crippen molar-refractivity contribution in [2.24, 2.45) is 0 Å². The van der Waals surface area contributed by atoms with Crippen molar-refractivity contribution in [1.82, 2.24) is 15.3 Å². The molecule has 0 unspecified atom stereocenters. The quantitative estimate of drug-likeness (QED) is 0.778. The first-order chi connectivity index (χ1) is 11.1. The van der Waals surface area contributed by atoms with Gasteiger partial charge < -0.3 is 15.0 Å². The standard InChI is InChI=1S/C18H19N3O2/c1-11-12(2)17(23-3)7-5-14(11)9-19-18(22)13-4-6-15-16(8-13)21-10-20-15/h4-8,10H,9H2,1-3H3,(H,19,22)(H,20,21). The summed E-state index contributed by atoms with van der Waals surface area (Å²) in [5, 5.41) is 2.96. The van der Waals surface area contributed by atoms with E-state index in [4.69, 9.17) is 4.74 Å². The Hall–Kier alpha value is -2.82. The Morgan fingerprint density at radius 1 is 1.22 bits per heavy atom. The van der Waals surface area contributed by atoms with E-state index in [1.807, 2.05) is 38.1 Å². The van der Waals surface area contributed by atoms with Crippen molar-refractivity contribution in [3.05, 3.63) is 58.9 Å². The van der Waals surface area contributed by atoms with Gasteiger partial charge in [-0.1, -0.05) is 6.07 Å². The number of aromatic amines is 1. The molecule has 0 aliphatic heterocycles. The molecule has 1 amide bonds. The van der Waals surface area contributed by atoms with Gasteiger partial charge in [0.15, 0.2) is 0 Å². The van der Waals surface area contributed by atoms with Gasteiger partial charge in [0.05, 0.1) is 24.5 Å². The monoisotopic (exact) mass is 309 g/mol. The molecular formula is C18H19N3O2. The second-order valence-electron chi connectivity index (χ2n) is 5.49. The van der Waals surface area contributed by atoms with Gasteiger partial charge in [-0.15, -0.1) is 0 Å². The van der Waals surface area contributed by atoms with E-state index in [0.29, 0.717) is 12.1 Å². The summed E-state index contributed by atoms with van der Waals surface area (Å²) >= 11 is 0. The van der Waals surface area contributed by atoms with Crippen LogP contribution in [0.3, 0.4) is 0 Å². The molecule has 5 nitrogen and oxygen atoms in total. The van der Waals surface area contributed by atoms with Crippen LogP contribution < -0.4 is 10.1 Å². The van der Waals surface area contributed by atoms with Crippen LogP contribution in [0.15, 0.2) is 36.7 Å². The van der Waals surface area contributed by atoms with Crippen LogP contribution in [0.5, 0.6) is 5.75 Å². The fraction of sp³-hybridized carbons (Fsp3) is 0.222. The number of methoxy groups -OCH3 is 1. The van der Waals surface area contributed by atoms with Crippen LogP contribution >= 0.6 is 0 Å². The minimum atomic E-state index is -0.102. The number of hydrogen-bond acceptors (Lipinski definition) is 3. The molecule has 1 heterocycles. The molecule has 3 rings (SSSR count). The first-order valence-corrected chi connectivity index (χ1v) is 7.44. The van der Waals surface area contributed by atoms with Gasteiger partial charge in [-0.2, -0.15) is 0 Å². The Labute approximate surface area is 134 Å². The van der Waals surface area contributed by atoms with Gasteiger partial charge in [0.2, 0.25) is 0 Å². The Morgan fingerprint density at radius 2 is 2.04 bits per heavy atom. The molecule has 0 saturated carbocycles. The summed E-state index contributed by atoms with van der Waals surface area (Å²) in [5.74, 6) is 0.761. The molecule has 2 aromatic carbocycles. The molecule has 0 atom stereocenters. The Kier molecular flexibility index (Phi) is 4.02. The average molecular weight is 309 g/mol. The smallest absolute Gasteiger partial charge is 0.251 e. The molecular weight excluding hydrogens is 290 g/mol. The number of amides is 1. The van der Waals surface area contributed by atoms with Crippen molar-refractivity contribution in [3.8, 4) is 5.75 Å². The molecule has 5 heteroatoms. The highest BCUT2D eigenvalue weighted by molar-refractivity contribution is 5.97. The van der Waals surface area contributed by atoms with Crippen molar-refractivity contribution in [2.45, 2.75) is 20.4 Å². The summed E-state index contributed by atoms with van der Waals surface area (Å²) in [5.41, 5.74) is 5.63.